The first-order valence-corrected chi connectivity index (χ1v) is 7.71. The van der Waals surface area contributed by atoms with Crippen molar-refractivity contribution in [1.29, 1.82) is 0 Å². The normalized spacial score (nSPS) is 10.2. The molecule has 0 saturated carbocycles. The summed E-state index contributed by atoms with van der Waals surface area (Å²) in [5, 5.41) is 0. The maximum atomic E-state index is 4.67. The van der Waals surface area contributed by atoms with Crippen LogP contribution in [0.1, 0.15) is 18.6 Å². The molecule has 0 aliphatic heterocycles. The molecule has 0 aliphatic carbocycles. The fourth-order valence-electron chi connectivity index (χ4n) is 3.06. The van der Waals surface area contributed by atoms with Crippen molar-refractivity contribution < 1.29 is 98.1 Å². The van der Waals surface area contributed by atoms with Gasteiger partial charge in [-0.05, 0) is 40.7 Å². The maximum absolute atomic E-state index is 4.67. The molecule has 4 nitrogen and oxygen atoms in total. The summed E-state index contributed by atoms with van der Waals surface area (Å²) in [6.45, 7) is 4.06. The molecule has 0 amide bonds. The first-order valence-electron chi connectivity index (χ1n) is 7.71. The molecule has 2 aromatic heterocycles. The Bertz CT molecular complexity index is 1050. The van der Waals surface area contributed by atoms with E-state index in [2.05, 4.69) is 67.4 Å². The second kappa shape index (κ2) is 9.76. The van der Waals surface area contributed by atoms with Gasteiger partial charge in [0.25, 0.3) is 0 Å². The number of aryl methyl sites for hydroxylation is 2. The fourth-order valence-corrected chi connectivity index (χ4v) is 3.06. The third-order valence-corrected chi connectivity index (χ3v) is 4.42. The second-order valence-electron chi connectivity index (χ2n) is 5.80. The SMILES string of the molecule is [CH2-]n1c(C)nc2cc(-c3ccc4c(c3)nc(CC)n4[CH2-])ccc21.[Y].[Y].[Y]. The number of hydrogen-bond acceptors (Lipinski definition) is 2. The molecule has 2 aromatic carbocycles. The molecule has 26 heavy (non-hydrogen) atoms. The van der Waals surface area contributed by atoms with Gasteiger partial charge in [-0.2, -0.15) is 0 Å². The molecule has 0 unspecified atom stereocenters. The number of benzene rings is 2. The predicted molar refractivity (Wildman–Crippen MR) is 94.1 cm³/mol. The van der Waals surface area contributed by atoms with Crippen LogP contribution >= 0.6 is 0 Å². The summed E-state index contributed by atoms with van der Waals surface area (Å²) >= 11 is 0. The Morgan fingerprint density at radius 1 is 0.808 bits per heavy atom. The second-order valence-corrected chi connectivity index (χ2v) is 5.80. The summed E-state index contributed by atoms with van der Waals surface area (Å²) in [5.41, 5.74) is 6.32. The molecule has 0 fully saturated rings. The van der Waals surface area contributed by atoms with E-state index in [4.69, 9.17) is 0 Å². The summed E-state index contributed by atoms with van der Waals surface area (Å²) in [5.74, 6) is 1.91. The van der Waals surface area contributed by atoms with E-state index in [0.717, 1.165) is 51.3 Å². The van der Waals surface area contributed by atoms with Crippen molar-refractivity contribution in [3.63, 3.8) is 0 Å². The van der Waals surface area contributed by atoms with Crippen LogP contribution in [-0.2, 0) is 105 Å². The van der Waals surface area contributed by atoms with Crippen LogP contribution in [0.3, 0.4) is 0 Å². The number of aromatic nitrogens is 4. The van der Waals surface area contributed by atoms with Crippen LogP contribution in [0.25, 0.3) is 33.2 Å². The van der Waals surface area contributed by atoms with Crippen LogP contribution in [0.5, 0.6) is 0 Å². The van der Waals surface area contributed by atoms with Crippen molar-refractivity contribution in [3.8, 4) is 11.1 Å². The van der Waals surface area contributed by atoms with E-state index < -0.39 is 0 Å². The number of nitrogens with zero attached hydrogens (tertiary/aromatic N) is 4. The molecule has 0 aliphatic rings. The van der Waals surface area contributed by atoms with Gasteiger partial charge in [0.2, 0.25) is 0 Å². The monoisotopic (exact) mass is 569 g/mol. The fraction of sp³-hybridized carbons (Fsp3) is 0.158. The quantitative estimate of drug-likeness (QED) is 0.340. The van der Waals surface area contributed by atoms with Crippen molar-refractivity contribution >= 4 is 22.1 Å². The van der Waals surface area contributed by atoms with Gasteiger partial charge in [-0.3, -0.25) is 0 Å². The van der Waals surface area contributed by atoms with Gasteiger partial charge >= 0.3 is 0 Å². The summed E-state index contributed by atoms with van der Waals surface area (Å²) in [6, 6.07) is 12.6. The van der Waals surface area contributed by atoms with E-state index in [1.807, 2.05) is 16.1 Å². The molecule has 7 heteroatoms. The van der Waals surface area contributed by atoms with Crippen LogP contribution in [0.4, 0.5) is 0 Å². The molecule has 4 aromatic rings. The van der Waals surface area contributed by atoms with Crippen LogP contribution in [0.2, 0.25) is 0 Å². The predicted octanol–water partition coefficient (Wildman–Crippen LogP) is 4.20. The summed E-state index contributed by atoms with van der Waals surface area (Å²) in [7, 11) is 8.08. The van der Waals surface area contributed by atoms with Crippen LogP contribution in [0.15, 0.2) is 36.4 Å². The van der Waals surface area contributed by atoms with Crippen molar-refractivity contribution in [2.24, 2.45) is 0 Å². The Balaban J connectivity index is 0.00000113. The molecular formula is C19H18N4Y3-2. The summed E-state index contributed by atoms with van der Waals surface area (Å²) in [4.78, 5) is 9.23. The minimum absolute atomic E-state index is 0. The summed E-state index contributed by atoms with van der Waals surface area (Å²) in [6.07, 6.45) is 0.875. The third kappa shape index (κ3) is 4.21. The Morgan fingerprint density at radius 2 is 1.31 bits per heavy atom. The molecule has 0 N–H and O–H groups in total. The molecule has 4 rings (SSSR count). The zero-order chi connectivity index (χ0) is 16.1. The van der Waals surface area contributed by atoms with E-state index >= 15 is 0 Å². The smallest absolute Gasteiger partial charge is 0.0192 e. The minimum Gasteiger partial charge on any atom is -0.469 e. The van der Waals surface area contributed by atoms with Gasteiger partial charge in [0, 0.05) is 121 Å². The van der Waals surface area contributed by atoms with Gasteiger partial charge in [-0.15, -0.1) is 14.1 Å². The van der Waals surface area contributed by atoms with Crippen LogP contribution in [-0.4, -0.2) is 19.1 Å². The van der Waals surface area contributed by atoms with Gasteiger partial charge in [0.15, 0.2) is 0 Å². The van der Waals surface area contributed by atoms with E-state index in [1.165, 1.54) is 0 Å². The zero-order valence-corrected chi connectivity index (χ0v) is 23.6. The molecule has 0 atom stereocenters. The van der Waals surface area contributed by atoms with E-state index in [0.29, 0.717) is 0 Å². The zero-order valence-electron chi connectivity index (χ0n) is 15.1. The Kier molecular flexibility index (Phi) is 9.19. The average molecular weight is 569 g/mol. The van der Waals surface area contributed by atoms with Crippen LogP contribution in [0, 0.1) is 21.0 Å². The third-order valence-electron chi connectivity index (χ3n) is 4.42. The Labute approximate surface area is 229 Å². The summed E-state index contributed by atoms with van der Waals surface area (Å²) < 4.78 is 3.77. The molecule has 3 radical (unpaired) electrons. The number of rotatable bonds is 2. The molecule has 0 saturated heterocycles. The van der Waals surface area contributed by atoms with Gasteiger partial charge in [0.05, 0.1) is 0 Å². The van der Waals surface area contributed by atoms with Crippen molar-refractivity contribution in [1.82, 2.24) is 19.1 Å². The Morgan fingerprint density at radius 3 is 1.85 bits per heavy atom. The van der Waals surface area contributed by atoms with E-state index in [9.17, 15) is 0 Å². The Hall–Kier alpha value is 0.432. The number of fused-ring (bicyclic) bond motifs is 2. The van der Waals surface area contributed by atoms with E-state index in [1.54, 1.807) is 0 Å². The van der Waals surface area contributed by atoms with Crippen molar-refractivity contribution in [2.75, 3.05) is 0 Å². The van der Waals surface area contributed by atoms with Crippen molar-refractivity contribution in [2.45, 2.75) is 20.3 Å². The van der Waals surface area contributed by atoms with Gasteiger partial charge in [-0.1, -0.05) is 38.1 Å². The van der Waals surface area contributed by atoms with Gasteiger partial charge < -0.3 is 19.1 Å². The minimum atomic E-state index is 0. The average Bonchev–Trinajstić information content (AvgIpc) is 3.04. The molecular weight excluding hydrogens is 551 g/mol. The number of imidazole rings is 2. The van der Waals surface area contributed by atoms with E-state index in [-0.39, 0.29) is 98.1 Å². The maximum Gasteiger partial charge on any atom is 0.0192 e. The largest absolute Gasteiger partial charge is 0.469 e. The van der Waals surface area contributed by atoms with Gasteiger partial charge in [-0.25, -0.2) is 0 Å². The first-order chi connectivity index (χ1) is 11.1. The molecule has 2 heterocycles. The standard InChI is InChI=1S/C19H18N4.3Y/c1-5-19-21-16-11-14(7-9-18(16)23(19)4)13-6-8-17-15(10-13)20-12(2)22(17)3;;;/h6-11H,3-5H2,1-2H3;;;/q-2;;;. The molecule has 125 valence electrons. The molecule has 0 bridgehead atoms. The van der Waals surface area contributed by atoms with Gasteiger partial charge in [0.1, 0.15) is 0 Å². The van der Waals surface area contributed by atoms with Crippen molar-refractivity contribution in [3.05, 3.63) is 62.1 Å². The molecule has 0 spiro atoms. The topological polar surface area (TPSA) is 35.6 Å². The van der Waals surface area contributed by atoms with Crippen LogP contribution < -0.4 is 0 Å². The number of hydrogen-bond donors (Lipinski definition) is 0. The first kappa shape index (κ1) is 24.5.